The molecule has 0 bridgehead atoms. The predicted octanol–water partition coefficient (Wildman–Crippen LogP) is 3.95. The fourth-order valence-corrected chi connectivity index (χ4v) is 2.07. The maximum absolute atomic E-state index is 10.9. The van der Waals surface area contributed by atoms with Gasteiger partial charge in [0.05, 0.1) is 23.1 Å². The van der Waals surface area contributed by atoms with Crippen molar-refractivity contribution in [2.45, 2.75) is 13.8 Å². The molecule has 3 rings (SSSR count). The van der Waals surface area contributed by atoms with Crippen LogP contribution in [0.2, 0.25) is 0 Å². The number of rotatable bonds is 2. The normalized spacial score (nSPS) is 9.88. The SMILES string of the molecule is COC(=O)Nc1nc2ccc(C)cc2[nH]1.Cc1cccc([N+](=O)[O-])c1. The molecule has 2 N–H and O–H groups in total. The topological polar surface area (TPSA) is 110 Å². The quantitative estimate of drug-likeness (QED) is 0.541. The van der Waals surface area contributed by atoms with Crippen molar-refractivity contribution in [3.63, 3.8) is 0 Å². The first-order valence-corrected chi connectivity index (χ1v) is 7.41. The largest absolute Gasteiger partial charge is 0.453 e. The summed E-state index contributed by atoms with van der Waals surface area (Å²) in [6.07, 6.45) is -0.536. The van der Waals surface area contributed by atoms with Crippen molar-refractivity contribution in [2.75, 3.05) is 12.4 Å². The fourth-order valence-electron chi connectivity index (χ4n) is 2.07. The number of H-pyrrole nitrogens is 1. The van der Waals surface area contributed by atoms with E-state index >= 15 is 0 Å². The van der Waals surface area contributed by atoms with E-state index in [1.54, 1.807) is 12.1 Å². The van der Waals surface area contributed by atoms with Gasteiger partial charge in [0, 0.05) is 12.1 Å². The zero-order chi connectivity index (χ0) is 18.4. The first-order valence-electron chi connectivity index (χ1n) is 7.41. The number of fused-ring (bicyclic) bond motifs is 1. The highest BCUT2D eigenvalue weighted by atomic mass is 16.6. The van der Waals surface area contributed by atoms with E-state index in [-0.39, 0.29) is 5.69 Å². The number of carbonyl (C=O) groups is 1. The lowest BCUT2D eigenvalue weighted by atomic mass is 10.2. The molecule has 130 valence electrons. The van der Waals surface area contributed by atoms with Crippen molar-refractivity contribution in [3.05, 3.63) is 63.7 Å². The Bertz CT molecular complexity index is 905. The molecule has 0 saturated heterocycles. The van der Waals surface area contributed by atoms with Crippen LogP contribution in [0.1, 0.15) is 11.1 Å². The number of aryl methyl sites for hydroxylation is 2. The van der Waals surface area contributed by atoms with Crippen LogP contribution in [0.15, 0.2) is 42.5 Å². The number of ether oxygens (including phenoxy) is 1. The molecule has 0 aliphatic rings. The number of anilines is 1. The third-order valence-electron chi connectivity index (χ3n) is 3.26. The van der Waals surface area contributed by atoms with E-state index in [9.17, 15) is 14.9 Å². The Morgan fingerprint density at radius 1 is 1.20 bits per heavy atom. The van der Waals surface area contributed by atoms with Crippen LogP contribution in [0.3, 0.4) is 0 Å². The zero-order valence-corrected chi connectivity index (χ0v) is 14.1. The van der Waals surface area contributed by atoms with Crippen molar-refractivity contribution < 1.29 is 14.5 Å². The summed E-state index contributed by atoms with van der Waals surface area (Å²) in [7, 11) is 1.31. The van der Waals surface area contributed by atoms with Gasteiger partial charge in [0.15, 0.2) is 0 Å². The summed E-state index contributed by atoms with van der Waals surface area (Å²) in [5.74, 6) is 0.391. The third kappa shape index (κ3) is 5.03. The summed E-state index contributed by atoms with van der Waals surface area (Å²) < 4.78 is 4.46. The summed E-state index contributed by atoms with van der Waals surface area (Å²) in [6.45, 7) is 3.82. The molecule has 3 aromatic rings. The maximum atomic E-state index is 10.9. The molecular weight excluding hydrogens is 324 g/mol. The number of nitro groups is 1. The highest BCUT2D eigenvalue weighted by Crippen LogP contribution is 2.15. The number of benzene rings is 2. The van der Waals surface area contributed by atoms with Gasteiger partial charge in [0.2, 0.25) is 5.95 Å². The number of nitrogens with zero attached hydrogens (tertiary/aromatic N) is 2. The van der Waals surface area contributed by atoms with E-state index in [4.69, 9.17) is 0 Å². The van der Waals surface area contributed by atoms with Crippen LogP contribution < -0.4 is 5.32 Å². The number of aromatic amines is 1. The Hall–Kier alpha value is -3.42. The lowest BCUT2D eigenvalue weighted by Gasteiger charge is -1.96. The highest BCUT2D eigenvalue weighted by molar-refractivity contribution is 5.86. The molecule has 0 aliphatic carbocycles. The molecule has 0 radical (unpaired) electrons. The number of amides is 1. The van der Waals surface area contributed by atoms with Gasteiger partial charge in [-0.2, -0.15) is 0 Å². The van der Waals surface area contributed by atoms with E-state index in [1.807, 2.05) is 38.1 Å². The molecule has 0 atom stereocenters. The first-order chi connectivity index (χ1) is 11.9. The number of nitro benzene ring substituents is 1. The lowest BCUT2D eigenvalue weighted by molar-refractivity contribution is -0.384. The Morgan fingerprint density at radius 2 is 1.92 bits per heavy atom. The second kappa shape index (κ2) is 7.91. The fraction of sp³-hybridized carbons (Fsp3) is 0.176. The average Bonchev–Trinajstić information content (AvgIpc) is 2.96. The Balaban J connectivity index is 0.000000196. The monoisotopic (exact) mass is 342 g/mol. The van der Waals surface area contributed by atoms with Crippen LogP contribution in [-0.2, 0) is 4.74 Å². The number of methoxy groups -OCH3 is 1. The molecule has 1 heterocycles. The minimum absolute atomic E-state index is 0.153. The minimum Gasteiger partial charge on any atom is -0.453 e. The van der Waals surface area contributed by atoms with E-state index < -0.39 is 11.0 Å². The van der Waals surface area contributed by atoms with E-state index in [2.05, 4.69) is 20.0 Å². The van der Waals surface area contributed by atoms with Crippen molar-refractivity contribution in [2.24, 2.45) is 0 Å². The van der Waals surface area contributed by atoms with Gasteiger partial charge in [0.25, 0.3) is 5.69 Å². The Morgan fingerprint density at radius 3 is 2.52 bits per heavy atom. The van der Waals surface area contributed by atoms with Crippen LogP contribution in [0, 0.1) is 24.0 Å². The Kier molecular flexibility index (Phi) is 5.67. The summed E-state index contributed by atoms with van der Waals surface area (Å²) >= 11 is 0. The van der Waals surface area contributed by atoms with Gasteiger partial charge in [0.1, 0.15) is 0 Å². The number of imidazole rings is 1. The third-order valence-corrected chi connectivity index (χ3v) is 3.26. The van der Waals surface area contributed by atoms with Gasteiger partial charge in [-0.15, -0.1) is 0 Å². The lowest BCUT2D eigenvalue weighted by Crippen LogP contribution is -2.11. The minimum atomic E-state index is -0.536. The summed E-state index contributed by atoms with van der Waals surface area (Å²) in [4.78, 5) is 27.8. The van der Waals surface area contributed by atoms with Gasteiger partial charge in [-0.25, -0.2) is 9.78 Å². The average molecular weight is 342 g/mol. The number of hydrogen-bond acceptors (Lipinski definition) is 5. The van der Waals surface area contributed by atoms with Gasteiger partial charge < -0.3 is 9.72 Å². The molecule has 0 unspecified atom stereocenters. The predicted molar refractivity (Wildman–Crippen MR) is 94.7 cm³/mol. The first kappa shape index (κ1) is 17.9. The van der Waals surface area contributed by atoms with Crippen LogP contribution in [0.4, 0.5) is 16.4 Å². The van der Waals surface area contributed by atoms with Crippen LogP contribution in [0.5, 0.6) is 0 Å². The summed E-state index contributed by atoms with van der Waals surface area (Å²) in [6, 6.07) is 12.3. The molecule has 2 aromatic carbocycles. The molecule has 0 spiro atoms. The van der Waals surface area contributed by atoms with Gasteiger partial charge in [-0.3, -0.25) is 15.4 Å². The molecule has 0 saturated carbocycles. The maximum Gasteiger partial charge on any atom is 0.413 e. The van der Waals surface area contributed by atoms with Gasteiger partial charge >= 0.3 is 6.09 Å². The number of non-ortho nitro benzene ring substituents is 1. The summed E-state index contributed by atoms with van der Waals surface area (Å²) in [5, 5.41) is 12.6. The van der Waals surface area contributed by atoms with Gasteiger partial charge in [-0.1, -0.05) is 18.2 Å². The second-order valence-corrected chi connectivity index (χ2v) is 5.32. The molecule has 1 amide bonds. The zero-order valence-electron chi connectivity index (χ0n) is 14.1. The van der Waals surface area contributed by atoms with Crippen molar-refractivity contribution in [3.8, 4) is 0 Å². The molecule has 0 aliphatic heterocycles. The molecule has 25 heavy (non-hydrogen) atoms. The number of nitrogens with one attached hydrogen (secondary N) is 2. The number of hydrogen-bond donors (Lipinski definition) is 2. The smallest absolute Gasteiger partial charge is 0.413 e. The molecular formula is C17H18N4O4. The molecule has 1 aromatic heterocycles. The van der Waals surface area contributed by atoms with Gasteiger partial charge in [-0.05, 0) is 37.1 Å². The molecule has 8 heteroatoms. The van der Waals surface area contributed by atoms with E-state index in [0.717, 1.165) is 22.2 Å². The van der Waals surface area contributed by atoms with E-state index in [1.165, 1.54) is 13.2 Å². The van der Waals surface area contributed by atoms with Crippen LogP contribution >= 0.6 is 0 Å². The number of aromatic nitrogens is 2. The highest BCUT2D eigenvalue weighted by Gasteiger charge is 2.06. The Labute approximate surface area is 144 Å². The number of carbonyl (C=O) groups excluding carboxylic acids is 1. The van der Waals surface area contributed by atoms with Crippen LogP contribution in [-0.4, -0.2) is 28.1 Å². The van der Waals surface area contributed by atoms with Crippen LogP contribution in [0.25, 0.3) is 11.0 Å². The second-order valence-electron chi connectivity index (χ2n) is 5.32. The summed E-state index contributed by atoms with van der Waals surface area (Å²) in [5.41, 5.74) is 3.90. The van der Waals surface area contributed by atoms with E-state index in [0.29, 0.717) is 5.95 Å². The molecule has 8 nitrogen and oxygen atoms in total. The standard InChI is InChI=1S/C10H11N3O2.C7H7NO2/c1-6-3-4-7-8(5-6)12-9(11-7)13-10(14)15-2;1-6-3-2-4-7(5-6)8(9)10/h3-5H,1-2H3,(H2,11,12,13,14);2-5H,1H3. The molecule has 0 fully saturated rings. The van der Waals surface area contributed by atoms with Crippen molar-refractivity contribution in [1.82, 2.24) is 9.97 Å². The van der Waals surface area contributed by atoms with Crippen molar-refractivity contribution >= 4 is 28.8 Å². The van der Waals surface area contributed by atoms with Crippen molar-refractivity contribution in [1.29, 1.82) is 0 Å².